The summed E-state index contributed by atoms with van der Waals surface area (Å²) in [5, 5.41) is 0. The van der Waals surface area contributed by atoms with Crippen molar-refractivity contribution in [1.29, 1.82) is 0 Å². The van der Waals surface area contributed by atoms with Crippen molar-refractivity contribution in [3.05, 3.63) is 83.9 Å². The van der Waals surface area contributed by atoms with E-state index >= 15 is 0 Å². The van der Waals surface area contributed by atoms with Crippen LogP contribution in [0.25, 0.3) is 0 Å². The molecule has 172 valence electrons. The summed E-state index contributed by atoms with van der Waals surface area (Å²) in [4.78, 5) is 29.5. The molecule has 0 fully saturated rings. The van der Waals surface area contributed by atoms with Crippen molar-refractivity contribution in [3.8, 4) is 0 Å². The minimum atomic E-state index is -3.34. The van der Waals surface area contributed by atoms with Crippen molar-refractivity contribution in [1.82, 2.24) is 0 Å². The Labute approximate surface area is 195 Å². The van der Waals surface area contributed by atoms with Gasteiger partial charge in [0.2, 0.25) is 5.91 Å². The molecular weight excluding hydrogens is 436 g/mol. The molecule has 0 saturated heterocycles. The number of carbonyl (C=O) groups excluding carboxylic acids is 2. The highest BCUT2D eigenvalue weighted by molar-refractivity contribution is 7.91. The van der Waals surface area contributed by atoms with Gasteiger partial charge in [-0.1, -0.05) is 31.2 Å². The molecule has 7 heteroatoms. The van der Waals surface area contributed by atoms with Gasteiger partial charge in [-0.2, -0.15) is 0 Å². The lowest BCUT2D eigenvalue weighted by molar-refractivity contribution is -0.115. The molecule has 0 aliphatic carbocycles. The highest BCUT2D eigenvalue weighted by Gasteiger charge is 2.23. The summed E-state index contributed by atoms with van der Waals surface area (Å²) in [6.45, 7) is 7.25. The van der Waals surface area contributed by atoms with Crippen LogP contribution in [-0.4, -0.2) is 32.5 Å². The minimum absolute atomic E-state index is 0.00137. The van der Waals surface area contributed by atoms with E-state index in [0.717, 1.165) is 5.69 Å². The van der Waals surface area contributed by atoms with Gasteiger partial charge in [0.05, 0.1) is 16.3 Å². The van der Waals surface area contributed by atoms with Crippen LogP contribution in [0, 0.1) is 6.92 Å². The molecule has 0 aromatic heterocycles. The molecule has 0 radical (unpaired) electrons. The standard InChI is InChI=1S/C26H28N2O4S/c1-5-27(21-11-8-7-9-12-21)26(30)24-13-10-14-25(19(24)3)28(20(4)29)22-15-17-23(18-16-22)33(31,32)6-2/h7-18H,5-6H2,1-4H3. The normalized spacial score (nSPS) is 11.2. The Hall–Kier alpha value is -3.45. The summed E-state index contributed by atoms with van der Waals surface area (Å²) >= 11 is 0. The quantitative estimate of drug-likeness (QED) is 0.485. The molecule has 0 unspecified atom stereocenters. The summed E-state index contributed by atoms with van der Waals surface area (Å²) in [7, 11) is -3.34. The van der Waals surface area contributed by atoms with Gasteiger partial charge in [-0.05, 0) is 67.9 Å². The molecule has 0 spiro atoms. The zero-order valence-electron chi connectivity index (χ0n) is 19.3. The number of benzene rings is 3. The lowest BCUT2D eigenvalue weighted by Crippen LogP contribution is -2.32. The Bertz CT molecular complexity index is 1250. The maximum absolute atomic E-state index is 13.4. The second-order valence-electron chi connectivity index (χ2n) is 7.59. The van der Waals surface area contributed by atoms with Crippen LogP contribution in [0.5, 0.6) is 0 Å². The predicted molar refractivity (Wildman–Crippen MR) is 132 cm³/mol. The van der Waals surface area contributed by atoms with Gasteiger partial charge in [-0.15, -0.1) is 0 Å². The largest absolute Gasteiger partial charge is 0.309 e. The minimum Gasteiger partial charge on any atom is -0.309 e. The number of hydrogen-bond acceptors (Lipinski definition) is 4. The van der Waals surface area contributed by atoms with Gasteiger partial charge in [-0.3, -0.25) is 14.5 Å². The van der Waals surface area contributed by atoms with E-state index in [-0.39, 0.29) is 22.5 Å². The zero-order chi connectivity index (χ0) is 24.2. The first-order chi connectivity index (χ1) is 15.7. The Balaban J connectivity index is 2.04. The summed E-state index contributed by atoms with van der Waals surface area (Å²) < 4.78 is 24.3. The molecule has 0 saturated carbocycles. The van der Waals surface area contributed by atoms with E-state index in [4.69, 9.17) is 0 Å². The fourth-order valence-electron chi connectivity index (χ4n) is 3.75. The Morgan fingerprint density at radius 2 is 1.45 bits per heavy atom. The molecule has 0 aliphatic rings. The van der Waals surface area contributed by atoms with Gasteiger partial charge < -0.3 is 4.90 Å². The fourth-order valence-corrected chi connectivity index (χ4v) is 4.64. The van der Waals surface area contributed by atoms with Crippen LogP contribution in [0.2, 0.25) is 0 Å². The SMILES string of the molecule is CCN(C(=O)c1cccc(N(C(C)=O)c2ccc(S(=O)(=O)CC)cc2)c1C)c1ccccc1. The van der Waals surface area contributed by atoms with E-state index in [2.05, 4.69) is 0 Å². The van der Waals surface area contributed by atoms with Crippen molar-refractivity contribution in [2.75, 3.05) is 22.1 Å². The maximum Gasteiger partial charge on any atom is 0.258 e. The number of carbonyl (C=O) groups is 2. The molecule has 3 aromatic carbocycles. The smallest absolute Gasteiger partial charge is 0.258 e. The third kappa shape index (κ3) is 4.98. The number of hydrogen-bond donors (Lipinski definition) is 0. The summed E-state index contributed by atoms with van der Waals surface area (Å²) in [5.74, 6) is -0.401. The van der Waals surface area contributed by atoms with Gasteiger partial charge in [-0.25, -0.2) is 8.42 Å². The van der Waals surface area contributed by atoms with E-state index in [1.807, 2.05) is 44.2 Å². The molecular formula is C26H28N2O4S. The lowest BCUT2D eigenvalue weighted by atomic mass is 10.0. The second kappa shape index (κ2) is 10.0. The lowest BCUT2D eigenvalue weighted by Gasteiger charge is -2.26. The monoisotopic (exact) mass is 464 g/mol. The first kappa shape index (κ1) is 24.2. The Kier molecular flexibility index (Phi) is 7.33. The number of nitrogens with zero attached hydrogens (tertiary/aromatic N) is 2. The zero-order valence-corrected chi connectivity index (χ0v) is 20.1. The highest BCUT2D eigenvalue weighted by Crippen LogP contribution is 2.32. The molecule has 0 atom stereocenters. The van der Waals surface area contributed by atoms with Crippen molar-refractivity contribution in [3.63, 3.8) is 0 Å². The highest BCUT2D eigenvalue weighted by atomic mass is 32.2. The molecule has 0 bridgehead atoms. The van der Waals surface area contributed by atoms with E-state index in [1.165, 1.54) is 24.0 Å². The van der Waals surface area contributed by atoms with Crippen LogP contribution in [0.4, 0.5) is 17.1 Å². The molecule has 0 aliphatic heterocycles. The Morgan fingerprint density at radius 3 is 2.00 bits per heavy atom. The average Bonchev–Trinajstić information content (AvgIpc) is 2.81. The third-order valence-electron chi connectivity index (χ3n) is 5.55. The summed E-state index contributed by atoms with van der Waals surface area (Å²) in [6.07, 6.45) is 0. The van der Waals surface area contributed by atoms with Gasteiger partial charge >= 0.3 is 0 Å². The Morgan fingerprint density at radius 1 is 0.818 bits per heavy atom. The number of amides is 2. The number of anilines is 3. The maximum atomic E-state index is 13.4. The average molecular weight is 465 g/mol. The van der Waals surface area contributed by atoms with Crippen molar-refractivity contribution in [2.24, 2.45) is 0 Å². The molecule has 0 N–H and O–H groups in total. The van der Waals surface area contributed by atoms with Gasteiger partial charge in [0, 0.05) is 30.4 Å². The number of para-hydroxylation sites is 1. The van der Waals surface area contributed by atoms with E-state index in [1.54, 1.807) is 42.2 Å². The molecule has 6 nitrogen and oxygen atoms in total. The van der Waals surface area contributed by atoms with Crippen LogP contribution >= 0.6 is 0 Å². The molecule has 0 heterocycles. The first-order valence-corrected chi connectivity index (χ1v) is 12.5. The third-order valence-corrected chi connectivity index (χ3v) is 7.31. The van der Waals surface area contributed by atoms with Crippen molar-refractivity contribution in [2.45, 2.75) is 32.6 Å². The predicted octanol–water partition coefficient (Wildman–Crippen LogP) is 5.14. The first-order valence-electron chi connectivity index (χ1n) is 10.8. The number of rotatable bonds is 7. The van der Waals surface area contributed by atoms with Crippen molar-refractivity contribution >= 4 is 38.7 Å². The summed E-state index contributed by atoms with van der Waals surface area (Å²) in [5.41, 5.74) is 3.06. The molecule has 2 amide bonds. The van der Waals surface area contributed by atoms with Crippen LogP contribution in [0.3, 0.4) is 0 Å². The van der Waals surface area contributed by atoms with Crippen LogP contribution in [0.15, 0.2) is 77.7 Å². The topological polar surface area (TPSA) is 74.8 Å². The summed E-state index contributed by atoms with van der Waals surface area (Å²) in [6, 6.07) is 20.9. The van der Waals surface area contributed by atoms with Gasteiger partial charge in [0.25, 0.3) is 5.91 Å². The van der Waals surface area contributed by atoms with Crippen molar-refractivity contribution < 1.29 is 18.0 Å². The van der Waals surface area contributed by atoms with E-state index in [0.29, 0.717) is 29.0 Å². The van der Waals surface area contributed by atoms with Crippen LogP contribution in [0.1, 0.15) is 36.7 Å². The van der Waals surface area contributed by atoms with Gasteiger partial charge in [0.1, 0.15) is 0 Å². The van der Waals surface area contributed by atoms with E-state index in [9.17, 15) is 18.0 Å². The molecule has 33 heavy (non-hydrogen) atoms. The second-order valence-corrected chi connectivity index (χ2v) is 9.86. The molecule has 3 aromatic rings. The molecule has 3 rings (SSSR count). The van der Waals surface area contributed by atoms with E-state index < -0.39 is 9.84 Å². The van der Waals surface area contributed by atoms with Gasteiger partial charge in [0.15, 0.2) is 9.84 Å². The number of sulfone groups is 1. The van der Waals surface area contributed by atoms with Crippen LogP contribution in [-0.2, 0) is 14.6 Å². The fraction of sp³-hybridized carbons (Fsp3) is 0.231. The van der Waals surface area contributed by atoms with Crippen LogP contribution < -0.4 is 9.80 Å².